The standard InChI is InChI=1S/C40H57O2P/c41-40(42)35-27-16-14-12-10-8-6-4-2-1-3-5-7-9-11-13-15-17-28-36-43(37-29-21-18-22-30-37,38-31-23-19-24-32-38)39-33-25-20-26-34-39/h18-26,29-34H,1-17,27-28,35-36H2/p+1. The Balaban J connectivity index is 1.24. The zero-order chi connectivity index (χ0) is 30.3. The molecule has 0 aromatic heterocycles. The van der Waals surface area contributed by atoms with Gasteiger partial charge in [-0.2, -0.15) is 0 Å². The SMILES string of the molecule is O=C(O)CCCCCCCCCCCCCCCCCCCCC[P+](c1ccccc1)(c1ccccc1)c1ccccc1. The van der Waals surface area contributed by atoms with Gasteiger partial charge in [0.15, 0.2) is 0 Å². The van der Waals surface area contributed by atoms with Gasteiger partial charge in [0, 0.05) is 6.42 Å². The van der Waals surface area contributed by atoms with E-state index < -0.39 is 13.2 Å². The van der Waals surface area contributed by atoms with E-state index in [0.717, 1.165) is 12.8 Å². The lowest BCUT2D eigenvalue weighted by atomic mass is 10.0. The van der Waals surface area contributed by atoms with E-state index in [1.807, 2.05) is 0 Å². The van der Waals surface area contributed by atoms with E-state index in [1.54, 1.807) is 0 Å². The van der Waals surface area contributed by atoms with Crippen LogP contribution in [0.5, 0.6) is 0 Å². The first-order chi connectivity index (χ1) is 21.2. The van der Waals surface area contributed by atoms with Crippen molar-refractivity contribution < 1.29 is 9.90 Å². The molecule has 2 nitrogen and oxygen atoms in total. The quantitative estimate of drug-likeness (QED) is 0.0775. The van der Waals surface area contributed by atoms with E-state index in [9.17, 15) is 4.79 Å². The largest absolute Gasteiger partial charge is 0.481 e. The number of aliphatic carboxylic acids is 1. The van der Waals surface area contributed by atoms with Crippen molar-refractivity contribution in [3.8, 4) is 0 Å². The van der Waals surface area contributed by atoms with Crippen LogP contribution >= 0.6 is 7.26 Å². The van der Waals surface area contributed by atoms with Crippen molar-refractivity contribution in [1.82, 2.24) is 0 Å². The molecule has 0 bridgehead atoms. The zero-order valence-corrected chi connectivity index (χ0v) is 27.7. The van der Waals surface area contributed by atoms with Crippen molar-refractivity contribution in [3.05, 3.63) is 91.0 Å². The molecule has 0 unspecified atom stereocenters. The predicted octanol–water partition coefficient (Wildman–Crippen LogP) is 10.9. The van der Waals surface area contributed by atoms with Crippen LogP contribution in [-0.2, 0) is 4.79 Å². The molecule has 43 heavy (non-hydrogen) atoms. The second kappa shape index (κ2) is 22.1. The molecule has 0 fully saturated rings. The van der Waals surface area contributed by atoms with E-state index in [0.29, 0.717) is 6.42 Å². The fraction of sp³-hybridized carbons (Fsp3) is 0.525. The molecule has 0 heterocycles. The summed E-state index contributed by atoms with van der Waals surface area (Å²) >= 11 is 0. The van der Waals surface area contributed by atoms with Crippen LogP contribution in [0.15, 0.2) is 91.0 Å². The molecular weight excluding hydrogens is 543 g/mol. The van der Waals surface area contributed by atoms with Crippen molar-refractivity contribution in [2.24, 2.45) is 0 Å². The Bertz CT molecular complexity index is 987. The lowest BCUT2D eigenvalue weighted by Gasteiger charge is -2.27. The molecular formula is C40H58O2P+. The maximum Gasteiger partial charge on any atom is 0.303 e. The van der Waals surface area contributed by atoms with Crippen molar-refractivity contribution >= 4 is 29.1 Å². The molecule has 0 atom stereocenters. The lowest BCUT2D eigenvalue weighted by Crippen LogP contribution is -2.33. The second-order valence-electron chi connectivity index (χ2n) is 12.4. The van der Waals surface area contributed by atoms with Gasteiger partial charge in [-0.15, -0.1) is 0 Å². The summed E-state index contributed by atoms with van der Waals surface area (Å²) in [5.74, 6) is -0.656. The highest BCUT2D eigenvalue weighted by Gasteiger charge is 2.44. The number of carbonyl (C=O) groups is 1. The molecule has 0 saturated carbocycles. The molecule has 1 N–H and O–H groups in total. The molecule has 0 radical (unpaired) electrons. The van der Waals surface area contributed by atoms with E-state index in [1.165, 1.54) is 131 Å². The number of carboxylic acid groups (broad SMARTS) is 1. The molecule has 0 saturated heterocycles. The first-order valence-corrected chi connectivity index (χ1v) is 19.5. The smallest absolute Gasteiger partial charge is 0.303 e. The monoisotopic (exact) mass is 601 g/mol. The normalized spacial score (nSPS) is 11.5. The Kier molecular flexibility index (Phi) is 18.0. The fourth-order valence-corrected chi connectivity index (χ4v) is 10.9. The predicted molar refractivity (Wildman–Crippen MR) is 190 cm³/mol. The molecule has 234 valence electrons. The molecule has 0 aliphatic heterocycles. The van der Waals surface area contributed by atoms with Gasteiger partial charge in [0.1, 0.15) is 23.2 Å². The molecule has 3 heteroatoms. The highest BCUT2D eigenvalue weighted by molar-refractivity contribution is 7.95. The maximum atomic E-state index is 10.5. The third-order valence-corrected chi connectivity index (χ3v) is 13.5. The summed E-state index contributed by atoms with van der Waals surface area (Å²) in [6, 6.07) is 33.9. The summed E-state index contributed by atoms with van der Waals surface area (Å²) in [5, 5.41) is 13.2. The number of unbranched alkanes of at least 4 members (excludes halogenated alkanes) is 18. The number of hydrogen-bond donors (Lipinski definition) is 1. The molecule has 3 rings (SSSR count). The van der Waals surface area contributed by atoms with Crippen LogP contribution in [0.25, 0.3) is 0 Å². The minimum absolute atomic E-state index is 0.335. The maximum absolute atomic E-state index is 10.5. The summed E-state index contributed by atoms with van der Waals surface area (Å²) in [6.07, 6.45) is 26.6. The van der Waals surface area contributed by atoms with Crippen LogP contribution in [0.4, 0.5) is 0 Å². The van der Waals surface area contributed by atoms with Crippen molar-refractivity contribution in [3.63, 3.8) is 0 Å². The highest BCUT2D eigenvalue weighted by atomic mass is 31.2. The van der Waals surface area contributed by atoms with Crippen molar-refractivity contribution in [2.45, 2.75) is 128 Å². The molecule has 3 aromatic rings. The van der Waals surface area contributed by atoms with Crippen molar-refractivity contribution in [2.75, 3.05) is 6.16 Å². The Morgan fingerprint density at radius 1 is 0.395 bits per heavy atom. The molecule has 0 spiro atoms. The summed E-state index contributed by atoms with van der Waals surface area (Å²) in [7, 11) is -1.67. The average Bonchev–Trinajstić information content (AvgIpc) is 3.05. The number of benzene rings is 3. The summed E-state index contributed by atoms with van der Waals surface area (Å²) in [5.41, 5.74) is 0. The third kappa shape index (κ3) is 13.4. The van der Waals surface area contributed by atoms with E-state index in [-0.39, 0.29) is 0 Å². The van der Waals surface area contributed by atoms with Gasteiger partial charge in [-0.25, -0.2) is 0 Å². The van der Waals surface area contributed by atoms with Crippen LogP contribution in [0.2, 0.25) is 0 Å². The Morgan fingerprint density at radius 2 is 0.651 bits per heavy atom. The summed E-state index contributed by atoms with van der Waals surface area (Å²) in [6.45, 7) is 0. The second-order valence-corrected chi connectivity index (χ2v) is 16.0. The van der Waals surface area contributed by atoms with Crippen LogP contribution in [0.1, 0.15) is 128 Å². The Labute approximate surface area is 264 Å². The summed E-state index contributed by atoms with van der Waals surface area (Å²) in [4.78, 5) is 10.5. The Morgan fingerprint density at radius 3 is 0.930 bits per heavy atom. The first kappa shape index (κ1) is 35.0. The minimum Gasteiger partial charge on any atom is -0.481 e. The molecule has 0 amide bonds. The highest BCUT2D eigenvalue weighted by Crippen LogP contribution is 2.56. The van der Waals surface area contributed by atoms with E-state index in [2.05, 4.69) is 91.0 Å². The van der Waals surface area contributed by atoms with Gasteiger partial charge in [0.25, 0.3) is 0 Å². The van der Waals surface area contributed by atoms with Crippen LogP contribution in [0.3, 0.4) is 0 Å². The van der Waals surface area contributed by atoms with Gasteiger partial charge in [-0.3, -0.25) is 4.79 Å². The number of carboxylic acids is 1. The topological polar surface area (TPSA) is 37.3 Å². The lowest BCUT2D eigenvalue weighted by molar-refractivity contribution is -0.137. The van der Waals surface area contributed by atoms with Gasteiger partial charge in [0.05, 0.1) is 6.16 Å². The van der Waals surface area contributed by atoms with Crippen LogP contribution in [-0.4, -0.2) is 17.2 Å². The van der Waals surface area contributed by atoms with Gasteiger partial charge in [-0.1, -0.05) is 157 Å². The van der Waals surface area contributed by atoms with Gasteiger partial charge in [-0.05, 0) is 55.7 Å². The molecule has 0 aliphatic rings. The van der Waals surface area contributed by atoms with Crippen molar-refractivity contribution in [1.29, 1.82) is 0 Å². The Hall–Kier alpha value is -2.44. The van der Waals surface area contributed by atoms with Crippen LogP contribution < -0.4 is 15.9 Å². The van der Waals surface area contributed by atoms with E-state index >= 15 is 0 Å². The van der Waals surface area contributed by atoms with E-state index in [4.69, 9.17) is 5.11 Å². The number of rotatable bonds is 25. The third-order valence-electron chi connectivity index (χ3n) is 8.98. The fourth-order valence-electron chi connectivity index (χ4n) is 6.51. The minimum atomic E-state index is -1.67. The average molecular weight is 602 g/mol. The molecule has 0 aliphatic carbocycles. The van der Waals surface area contributed by atoms with Gasteiger partial charge < -0.3 is 5.11 Å². The summed E-state index contributed by atoms with van der Waals surface area (Å²) < 4.78 is 0. The number of hydrogen-bond acceptors (Lipinski definition) is 1. The first-order valence-electron chi connectivity index (χ1n) is 17.5. The van der Waals surface area contributed by atoms with Gasteiger partial charge >= 0.3 is 5.97 Å². The zero-order valence-electron chi connectivity index (χ0n) is 26.8. The molecule has 3 aromatic carbocycles. The van der Waals surface area contributed by atoms with Crippen LogP contribution in [0, 0.1) is 0 Å². The van der Waals surface area contributed by atoms with Gasteiger partial charge in [0.2, 0.25) is 0 Å².